The molecule has 3 fully saturated rings. The summed E-state index contributed by atoms with van der Waals surface area (Å²) in [6.45, 7) is 13.6. The van der Waals surface area contributed by atoms with Crippen molar-refractivity contribution in [2.24, 2.45) is 0 Å². The van der Waals surface area contributed by atoms with Crippen LogP contribution in [0.2, 0.25) is 0 Å². The fraction of sp³-hybridized carbons (Fsp3) is 0.456. The number of rotatable bonds is 21. The first kappa shape index (κ1) is 55.5. The molecule has 0 radical (unpaired) electrons. The second-order valence-electron chi connectivity index (χ2n) is 20.1. The second-order valence-corrected chi connectivity index (χ2v) is 20.1. The molecule has 0 spiro atoms. The van der Waals surface area contributed by atoms with Gasteiger partial charge in [0, 0.05) is 120 Å². The van der Waals surface area contributed by atoms with Crippen molar-refractivity contribution in [3.05, 3.63) is 116 Å². The Labute approximate surface area is 447 Å². The third kappa shape index (κ3) is 13.5. The quantitative estimate of drug-likeness (QED) is 0.0589. The number of ether oxygens (including phenoxy) is 2. The second kappa shape index (κ2) is 25.4. The van der Waals surface area contributed by atoms with Gasteiger partial charge in [0.2, 0.25) is 29.5 Å². The molecular formula is C57H69N9O11. The first-order valence-electron chi connectivity index (χ1n) is 26.7. The molecule has 1 aromatic heterocycles. The number of nitrogens with zero attached hydrogens (tertiary/aromatic N) is 4. The van der Waals surface area contributed by atoms with E-state index in [9.17, 15) is 43.2 Å². The summed E-state index contributed by atoms with van der Waals surface area (Å²) >= 11 is 0. The summed E-state index contributed by atoms with van der Waals surface area (Å²) in [7, 11) is 0. The first-order chi connectivity index (χ1) is 37.1. The molecule has 4 aliphatic heterocycles. The number of hydrogen-bond donors (Lipinski definition) is 5. The highest BCUT2D eigenvalue weighted by atomic mass is 16.5. The van der Waals surface area contributed by atoms with Gasteiger partial charge in [-0.15, -0.1) is 0 Å². The van der Waals surface area contributed by atoms with Gasteiger partial charge in [0.25, 0.3) is 23.3 Å². The van der Waals surface area contributed by atoms with E-state index in [1.807, 2.05) is 32.9 Å². The average Bonchev–Trinajstić information content (AvgIpc) is 3.67. The highest BCUT2D eigenvalue weighted by Gasteiger charge is 2.46. The zero-order valence-corrected chi connectivity index (χ0v) is 44.3. The van der Waals surface area contributed by atoms with Crippen LogP contribution in [0.4, 0.5) is 5.69 Å². The van der Waals surface area contributed by atoms with Crippen LogP contribution in [-0.4, -0.2) is 145 Å². The minimum Gasteiger partial charge on any atom is -0.491 e. The minimum absolute atomic E-state index is 0.00343. The van der Waals surface area contributed by atoms with Crippen LogP contribution in [0.1, 0.15) is 117 Å². The number of aromatic amines is 1. The summed E-state index contributed by atoms with van der Waals surface area (Å²) in [6, 6.07) is 18.1. The molecular weight excluding hydrogens is 987 g/mol. The zero-order chi connectivity index (χ0) is 54.8. The van der Waals surface area contributed by atoms with Crippen molar-refractivity contribution in [1.29, 1.82) is 0 Å². The summed E-state index contributed by atoms with van der Waals surface area (Å²) in [5.41, 5.74) is 7.47. The maximum atomic E-state index is 14.0. The Bertz CT molecular complexity index is 2960. The Hall–Kier alpha value is -7.71. The molecule has 1 atom stereocenters. The molecule has 20 nitrogen and oxygen atoms in total. The molecule has 8 rings (SSSR count). The maximum absolute atomic E-state index is 14.0. The van der Waals surface area contributed by atoms with Gasteiger partial charge in [0.1, 0.15) is 18.4 Å². The number of piperazine rings is 1. The summed E-state index contributed by atoms with van der Waals surface area (Å²) in [5.74, 6) is -3.24. The molecule has 0 bridgehead atoms. The predicted octanol–water partition coefficient (Wildman–Crippen LogP) is 3.82. The minimum atomic E-state index is -1.10. The maximum Gasteiger partial charge on any atom is 0.266 e. The van der Waals surface area contributed by atoms with E-state index in [1.165, 1.54) is 12.1 Å². The number of imide groups is 2. The largest absolute Gasteiger partial charge is 0.491 e. The molecule has 4 aliphatic rings. The number of anilines is 1. The third-order valence-electron chi connectivity index (χ3n) is 14.8. The van der Waals surface area contributed by atoms with E-state index >= 15 is 0 Å². The van der Waals surface area contributed by atoms with Gasteiger partial charge >= 0.3 is 0 Å². The van der Waals surface area contributed by atoms with Crippen molar-refractivity contribution in [2.75, 3.05) is 70.5 Å². The lowest BCUT2D eigenvalue weighted by atomic mass is 9.94. The first-order valence-corrected chi connectivity index (χ1v) is 26.7. The van der Waals surface area contributed by atoms with Gasteiger partial charge in [0.05, 0.1) is 17.7 Å². The standard InChI is InChI=1S/C57H69N9O11/c1-5-65(41-19-27-76-28-20-41)46-32-40(31-43(37(46)4)53(71)60-33-44-35(2)30-36(3)61-54(44)72)39-13-11-38(12-14-39)34-63-23-25-64(26-24-63)51(70)18-17-49(68)58-21-7-10-48(67)59-22-29-77-47-9-6-8-42-52(47)57(75)66(56(42)74)45-15-16-50(69)62-55(45)73/h6,8-9,11-14,30-32,41,45H,5,7,10,15-29,33-34H2,1-4H3,(H,58,68)(H,59,67)(H,60,71)(H,61,72)(H,62,69,73). The molecule has 3 saturated heterocycles. The molecule has 4 aromatic rings. The summed E-state index contributed by atoms with van der Waals surface area (Å²) < 4.78 is 11.5. The molecule has 77 heavy (non-hydrogen) atoms. The van der Waals surface area contributed by atoms with Crippen LogP contribution in [0.25, 0.3) is 11.1 Å². The van der Waals surface area contributed by atoms with Crippen molar-refractivity contribution < 1.29 is 47.8 Å². The molecule has 0 saturated carbocycles. The van der Waals surface area contributed by atoms with Gasteiger partial charge in [-0.3, -0.25) is 58.3 Å². The van der Waals surface area contributed by atoms with Crippen molar-refractivity contribution >= 4 is 52.9 Å². The van der Waals surface area contributed by atoms with Gasteiger partial charge in [-0.2, -0.15) is 0 Å². The van der Waals surface area contributed by atoms with Gasteiger partial charge in [0.15, 0.2) is 0 Å². The summed E-state index contributed by atoms with van der Waals surface area (Å²) in [4.78, 5) is 126. The Morgan fingerprint density at radius 2 is 1.52 bits per heavy atom. The van der Waals surface area contributed by atoms with Gasteiger partial charge in [-0.1, -0.05) is 30.3 Å². The van der Waals surface area contributed by atoms with Crippen molar-refractivity contribution in [3.63, 3.8) is 0 Å². The van der Waals surface area contributed by atoms with Crippen LogP contribution in [0, 0.1) is 20.8 Å². The van der Waals surface area contributed by atoms with Crippen molar-refractivity contribution in [1.82, 2.24) is 41.0 Å². The van der Waals surface area contributed by atoms with E-state index in [4.69, 9.17) is 9.47 Å². The van der Waals surface area contributed by atoms with Gasteiger partial charge < -0.3 is 40.2 Å². The van der Waals surface area contributed by atoms with E-state index in [0.717, 1.165) is 63.5 Å². The monoisotopic (exact) mass is 1060 g/mol. The number of aromatic nitrogens is 1. The molecule has 20 heteroatoms. The van der Waals surface area contributed by atoms with Gasteiger partial charge in [-0.25, -0.2) is 0 Å². The highest BCUT2D eigenvalue weighted by molar-refractivity contribution is 6.24. The van der Waals surface area contributed by atoms with Crippen LogP contribution in [0.3, 0.4) is 0 Å². The molecule has 8 amide bonds. The number of amides is 8. The number of aryl methyl sites for hydroxylation is 2. The zero-order valence-electron chi connectivity index (χ0n) is 44.3. The normalized spacial score (nSPS) is 17.0. The third-order valence-corrected chi connectivity index (χ3v) is 14.8. The molecule has 408 valence electrons. The lowest BCUT2D eigenvalue weighted by Gasteiger charge is -2.37. The van der Waals surface area contributed by atoms with E-state index in [1.54, 1.807) is 11.0 Å². The van der Waals surface area contributed by atoms with Crippen molar-refractivity contribution in [2.45, 2.75) is 104 Å². The topological polar surface area (TPSA) is 249 Å². The van der Waals surface area contributed by atoms with Crippen molar-refractivity contribution in [3.8, 4) is 16.9 Å². The number of carbonyl (C=O) groups is 8. The number of nitrogens with one attached hydrogen (secondary N) is 5. The summed E-state index contributed by atoms with van der Waals surface area (Å²) in [5, 5.41) is 10.7. The number of carbonyl (C=O) groups excluding carboxylic acids is 8. The molecule has 1 unspecified atom stereocenters. The number of benzene rings is 3. The lowest BCUT2D eigenvalue weighted by Crippen LogP contribution is -2.54. The Morgan fingerprint density at radius 1 is 0.792 bits per heavy atom. The predicted molar refractivity (Wildman–Crippen MR) is 286 cm³/mol. The fourth-order valence-electron chi connectivity index (χ4n) is 10.6. The average molecular weight is 1060 g/mol. The number of piperidine rings is 1. The number of pyridine rings is 1. The highest BCUT2D eigenvalue weighted by Crippen LogP contribution is 2.36. The molecule has 5 N–H and O–H groups in total. The SMILES string of the molecule is CCN(c1cc(-c2ccc(CN3CCN(C(=O)CCC(=O)NCCCC(=O)NCCOc4cccc5c4C(=O)N(C4CCC(=O)NC4=O)C5=O)CC3)cc2)cc(C(=O)NCc2c(C)cc(C)[nH]c2=O)c1C)C1CCOCC1. The van der Waals surface area contributed by atoms with E-state index in [2.05, 4.69) is 73.3 Å². The Kier molecular flexibility index (Phi) is 18.3. The van der Waals surface area contributed by atoms with E-state index in [0.29, 0.717) is 63.5 Å². The van der Waals surface area contributed by atoms with Crippen LogP contribution < -0.4 is 36.5 Å². The van der Waals surface area contributed by atoms with Crippen LogP contribution in [0.5, 0.6) is 5.75 Å². The molecule has 5 heterocycles. The van der Waals surface area contributed by atoms with Gasteiger partial charge in [-0.05, 0) is 112 Å². The fourth-order valence-corrected chi connectivity index (χ4v) is 10.6. The number of fused-ring (bicyclic) bond motifs is 1. The Balaban J connectivity index is 0.747. The molecule has 3 aromatic carbocycles. The van der Waals surface area contributed by atoms with E-state index < -0.39 is 29.7 Å². The lowest BCUT2D eigenvalue weighted by molar-refractivity contribution is -0.136. The van der Waals surface area contributed by atoms with Crippen LogP contribution in [-0.2, 0) is 41.8 Å². The van der Waals surface area contributed by atoms with Crippen LogP contribution in [0.15, 0.2) is 65.5 Å². The number of hydrogen-bond acceptors (Lipinski definition) is 13. The van der Waals surface area contributed by atoms with Crippen LogP contribution >= 0.6 is 0 Å². The van der Waals surface area contributed by atoms with E-state index in [-0.39, 0.29) is 110 Å². The summed E-state index contributed by atoms with van der Waals surface area (Å²) in [6.07, 6.45) is 2.45. The number of H-pyrrole nitrogens is 1. The Morgan fingerprint density at radius 3 is 2.23 bits per heavy atom. The molecule has 0 aliphatic carbocycles. The smallest absolute Gasteiger partial charge is 0.266 e.